The van der Waals surface area contributed by atoms with Crippen molar-refractivity contribution >= 4 is 28.5 Å². The van der Waals surface area contributed by atoms with Crippen molar-refractivity contribution in [3.8, 4) is 5.75 Å². The fourth-order valence-corrected chi connectivity index (χ4v) is 5.66. The van der Waals surface area contributed by atoms with E-state index in [-0.39, 0.29) is 30.8 Å². The first kappa shape index (κ1) is 30.9. The molecule has 1 N–H and O–H groups in total. The van der Waals surface area contributed by atoms with Crippen LogP contribution in [0.4, 0.5) is 13.2 Å². The number of alkyl halides is 3. The smallest absolute Gasteiger partial charge is 0.417 e. The van der Waals surface area contributed by atoms with Crippen LogP contribution >= 0.6 is 11.6 Å². The highest BCUT2D eigenvalue weighted by molar-refractivity contribution is 7.84. The van der Waals surface area contributed by atoms with Crippen molar-refractivity contribution in [2.45, 2.75) is 76.3 Å². The number of rotatable bonds is 8. The van der Waals surface area contributed by atoms with Crippen LogP contribution in [0.15, 0.2) is 24.8 Å². The van der Waals surface area contributed by atoms with Gasteiger partial charge in [0.15, 0.2) is 11.9 Å². The molecule has 38 heavy (non-hydrogen) atoms. The number of nitrogens with one attached hydrogen (secondary N) is 1. The Morgan fingerprint density at radius 3 is 2.45 bits per heavy atom. The van der Waals surface area contributed by atoms with E-state index in [1.807, 2.05) is 0 Å². The maximum atomic E-state index is 13.6. The van der Waals surface area contributed by atoms with Crippen molar-refractivity contribution in [3.63, 3.8) is 0 Å². The summed E-state index contributed by atoms with van der Waals surface area (Å²) in [7, 11) is -1.55. The molecule has 2 heterocycles. The lowest BCUT2D eigenvalue weighted by atomic mass is 9.85. The maximum absolute atomic E-state index is 13.6. The molecule has 12 heteroatoms. The van der Waals surface area contributed by atoms with Crippen LogP contribution in [0.5, 0.6) is 5.75 Å². The number of carbonyl (C=O) groups excluding carboxylic acids is 1. The molecular formula is C26H36ClF3N2O5S. The fraction of sp³-hybridized carbons (Fsp3) is 0.654. The van der Waals surface area contributed by atoms with Crippen LogP contribution in [0.1, 0.15) is 64.6 Å². The molecule has 0 saturated carbocycles. The summed E-state index contributed by atoms with van der Waals surface area (Å²) in [6.07, 6.45) is -2.90. The summed E-state index contributed by atoms with van der Waals surface area (Å²) in [4.78, 5) is 14.7. The molecular weight excluding hydrogens is 545 g/mol. The van der Waals surface area contributed by atoms with Gasteiger partial charge in [0.1, 0.15) is 12.4 Å². The molecule has 2 aliphatic rings. The van der Waals surface area contributed by atoms with Gasteiger partial charge in [0, 0.05) is 18.7 Å². The van der Waals surface area contributed by atoms with Gasteiger partial charge in [0.25, 0.3) is 5.91 Å². The molecule has 0 radical (unpaired) electrons. The lowest BCUT2D eigenvalue weighted by Crippen LogP contribution is -2.47. The molecule has 2 saturated heterocycles. The van der Waals surface area contributed by atoms with Gasteiger partial charge in [-0.25, -0.2) is 8.93 Å². The molecule has 0 aliphatic carbocycles. The molecule has 1 aromatic carbocycles. The number of nitrogens with zero attached hydrogens (tertiary/aromatic N) is 1. The van der Waals surface area contributed by atoms with Gasteiger partial charge in [-0.3, -0.25) is 4.79 Å². The van der Waals surface area contributed by atoms with Crippen molar-refractivity contribution < 1.29 is 36.4 Å². The first-order valence-corrected chi connectivity index (χ1v) is 14.0. The molecule has 2 fully saturated rings. The number of carbonyl (C=O) groups is 1. The zero-order chi connectivity index (χ0) is 28.5. The first-order chi connectivity index (χ1) is 17.5. The fourth-order valence-electron chi connectivity index (χ4n) is 4.47. The van der Waals surface area contributed by atoms with Crippen molar-refractivity contribution in [1.29, 1.82) is 0 Å². The third-order valence-corrected chi connectivity index (χ3v) is 8.39. The Bertz CT molecular complexity index is 1050. The Kier molecular flexibility index (Phi) is 9.62. The molecule has 214 valence electrons. The van der Waals surface area contributed by atoms with E-state index < -0.39 is 50.4 Å². The third-order valence-electron chi connectivity index (χ3n) is 6.49. The molecule has 2 aliphatic heterocycles. The highest BCUT2D eigenvalue weighted by Crippen LogP contribution is 2.43. The number of likely N-dealkylation sites (tertiary alicyclic amines) is 1. The number of halogens is 4. The zero-order valence-corrected chi connectivity index (χ0v) is 23.9. The Labute approximate surface area is 229 Å². The summed E-state index contributed by atoms with van der Waals surface area (Å²) in [5, 5.41) is -0.472. The van der Waals surface area contributed by atoms with E-state index >= 15 is 0 Å². The minimum atomic E-state index is -4.68. The first-order valence-electron chi connectivity index (χ1n) is 12.5. The van der Waals surface area contributed by atoms with Crippen LogP contribution in [0, 0.1) is 5.92 Å². The number of piperidine rings is 1. The van der Waals surface area contributed by atoms with E-state index in [2.05, 4.69) is 11.3 Å². The van der Waals surface area contributed by atoms with Crippen LogP contribution in [0.2, 0.25) is 5.02 Å². The summed E-state index contributed by atoms with van der Waals surface area (Å²) in [6.45, 7) is 13.4. The summed E-state index contributed by atoms with van der Waals surface area (Å²) >= 11 is 6.11. The third kappa shape index (κ3) is 7.50. The van der Waals surface area contributed by atoms with Crippen molar-refractivity contribution in [2.75, 3.05) is 26.3 Å². The summed E-state index contributed by atoms with van der Waals surface area (Å²) in [5.41, 5.74) is -0.638. The minimum Gasteiger partial charge on any atom is -0.489 e. The van der Waals surface area contributed by atoms with Gasteiger partial charge in [0.05, 0.1) is 39.0 Å². The Morgan fingerprint density at radius 2 is 1.95 bits per heavy atom. The average molecular weight is 581 g/mol. The molecule has 3 rings (SSSR count). The highest BCUT2D eigenvalue weighted by atomic mass is 35.5. The summed E-state index contributed by atoms with van der Waals surface area (Å²) < 4.78 is 73.4. The van der Waals surface area contributed by atoms with Gasteiger partial charge in [-0.15, -0.1) is 0 Å². The number of ether oxygens (including phenoxy) is 3. The quantitative estimate of drug-likeness (QED) is 0.416. The standard InChI is InChI=1S/C26H36ClF3N2O5S/c1-7-12-35-20-14-18(26(28,29)30)19(27)13-17(20)22(31-38(34)24(2,3)4)16-8-10-32(11-9-16)23(33)21-15-36-25(5,6)37-21/h7,13-14,16,21-22,31H,1,8-12,15H2,2-6H3/t21-,22?,38?/m1/s1. The number of amides is 1. The van der Waals surface area contributed by atoms with E-state index in [0.29, 0.717) is 31.5 Å². The topological polar surface area (TPSA) is 77.1 Å². The van der Waals surface area contributed by atoms with E-state index in [4.69, 9.17) is 25.8 Å². The van der Waals surface area contributed by atoms with E-state index in [9.17, 15) is 22.2 Å². The molecule has 0 aromatic heterocycles. The molecule has 1 aromatic rings. The second-order valence-corrected chi connectivity index (χ2v) is 13.3. The summed E-state index contributed by atoms with van der Waals surface area (Å²) in [5.74, 6) is -1.16. The van der Waals surface area contributed by atoms with Gasteiger partial charge in [-0.1, -0.05) is 24.3 Å². The van der Waals surface area contributed by atoms with E-state index in [0.717, 1.165) is 6.07 Å². The Balaban J connectivity index is 1.91. The van der Waals surface area contributed by atoms with Crippen molar-refractivity contribution in [1.82, 2.24) is 9.62 Å². The Morgan fingerprint density at radius 1 is 1.32 bits per heavy atom. The molecule has 2 unspecified atom stereocenters. The lowest BCUT2D eigenvalue weighted by Gasteiger charge is -2.38. The monoisotopic (exact) mass is 580 g/mol. The second kappa shape index (κ2) is 11.8. The SMILES string of the molecule is C=CCOc1cc(C(F)(F)F)c(Cl)cc1C(NS(=O)C(C)(C)C)C1CCN(C(=O)[C@H]2COC(C)(C)O2)CC1. The van der Waals surface area contributed by atoms with E-state index in [1.165, 1.54) is 12.1 Å². The van der Waals surface area contributed by atoms with Crippen LogP contribution in [-0.2, 0) is 31.4 Å². The van der Waals surface area contributed by atoms with Crippen LogP contribution in [-0.4, -0.2) is 58.0 Å². The van der Waals surface area contributed by atoms with Gasteiger partial charge < -0.3 is 19.1 Å². The predicted octanol–water partition coefficient (Wildman–Crippen LogP) is 5.41. The molecule has 0 spiro atoms. The highest BCUT2D eigenvalue weighted by Gasteiger charge is 2.42. The largest absolute Gasteiger partial charge is 0.489 e. The predicted molar refractivity (Wildman–Crippen MR) is 140 cm³/mol. The second-order valence-electron chi connectivity index (χ2n) is 10.9. The van der Waals surface area contributed by atoms with Gasteiger partial charge >= 0.3 is 6.18 Å². The molecule has 3 atom stereocenters. The molecule has 1 amide bonds. The zero-order valence-electron chi connectivity index (χ0n) is 22.3. The normalized spacial score (nSPS) is 22.2. The van der Waals surface area contributed by atoms with Gasteiger partial charge in [-0.2, -0.15) is 13.2 Å². The van der Waals surface area contributed by atoms with Crippen LogP contribution in [0.3, 0.4) is 0 Å². The minimum absolute atomic E-state index is 0.0118. The summed E-state index contributed by atoms with van der Waals surface area (Å²) in [6, 6.07) is 1.48. The average Bonchev–Trinajstić information content (AvgIpc) is 3.19. The Hall–Kier alpha value is -1.66. The van der Waals surface area contributed by atoms with Crippen molar-refractivity contribution in [3.05, 3.63) is 40.9 Å². The molecule has 0 bridgehead atoms. The number of hydrogen-bond donors (Lipinski definition) is 1. The number of hydrogen-bond acceptors (Lipinski definition) is 5. The van der Waals surface area contributed by atoms with Crippen LogP contribution in [0.25, 0.3) is 0 Å². The number of benzene rings is 1. The maximum Gasteiger partial charge on any atom is 0.417 e. The van der Waals surface area contributed by atoms with Gasteiger partial charge in [-0.05, 0) is 65.5 Å². The van der Waals surface area contributed by atoms with Gasteiger partial charge in [0.2, 0.25) is 0 Å². The lowest BCUT2D eigenvalue weighted by molar-refractivity contribution is -0.161. The van der Waals surface area contributed by atoms with E-state index in [1.54, 1.807) is 39.5 Å². The van der Waals surface area contributed by atoms with Crippen LogP contribution < -0.4 is 9.46 Å². The van der Waals surface area contributed by atoms with Crippen molar-refractivity contribution in [2.24, 2.45) is 5.92 Å². The molecule has 7 nitrogen and oxygen atoms in total.